The third-order valence-corrected chi connectivity index (χ3v) is 8.13. The highest BCUT2D eigenvalue weighted by atomic mass is 28.4. The summed E-state index contributed by atoms with van der Waals surface area (Å²) in [5, 5.41) is 0.336. The monoisotopic (exact) mass is 243 g/mol. The second-order valence-corrected chi connectivity index (χ2v) is 11.0. The Bertz CT molecular complexity index is 170. The molecule has 0 bridgehead atoms. The lowest BCUT2D eigenvalue weighted by Gasteiger charge is -2.36. The molecule has 1 nitrogen and oxygen atoms in total. The molecule has 0 atom stereocenters. The Morgan fingerprint density at radius 3 is 2.19 bits per heavy atom. The first-order chi connectivity index (χ1) is 7.31. The van der Waals surface area contributed by atoms with Crippen LogP contribution in [0.1, 0.15) is 59.8 Å². The van der Waals surface area contributed by atoms with Crippen molar-refractivity contribution in [3.8, 4) is 0 Å². The summed E-state index contributed by atoms with van der Waals surface area (Å²) in [5.74, 6) is 0. The van der Waals surface area contributed by atoms with Crippen molar-refractivity contribution in [2.45, 2.75) is 77.9 Å². The minimum atomic E-state index is -1.51. The first kappa shape index (κ1) is 16.2. The third-order valence-electron chi connectivity index (χ3n) is 3.63. The lowest BCUT2D eigenvalue weighted by atomic mass is 10.1. The fourth-order valence-corrected chi connectivity index (χ4v) is 2.25. The van der Waals surface area contributed by atoms with E-state index in [9.17, 15) is 0 Å². The van der Waals surface area contributed by atoms with Crippen LogP contribution in [0.25, 0.3) is 0 Å². The fraction of sp³-hybridized carbons (Fsp3) is 0.929. The molecule has 0 aromatic carbocycles. The quantitative estimate of drug-likeness (QED) is 0.421. The van der Waals surface area contributed by atoms with E-state index in [4.69, 9.17) is 4.43 Å². The van der Waals surface area contributed by atoms with Gasteiger partial charge in [0.15, 0.2) is 8.32 Å². The predicted octanol–water partition coefficient (Wildman–Crippen LogP) is 5.18. The van der Waals surface area contributed by atoms with Crippen LogP contribution < -0.4 is 0 Å². The van der Waals surface area contributed by atoms with Crippen LogP contribution >= 0.6 is 0 Å². The van der Waals surface area contributed by atoms with Crippen LogP contribution in [0, 0.1) is 6.42 Å². The van der Waals surface area contributed by atoms with Gasteiger partial charge >= 0.3 is 0 Å². The molecule has 2 heteroatoms. The molecule has 0 N–H and O–H groups in total. The first-order valence-electron chi connectivity index (χ1n) is 6.77. The molecule has 0 unspecified atom stereocenters. The SMILES string of the molecule is CCCCCC[CH]CO[Si](C)(C)C(C)(C)C. The van der Waals surface area contributed by atoms with Gasteiger partial charge in [-0.05, 0) is 31.0 Å². The van der Waals surface area contributed by atoms with Gasteiger partial charge in [0.05, 0.1) is 0 Å². The summed E-state index contributed by atoms with van der Waals surface area (Å²) in [4.78, 5) is 0. The van der Waals surface area contributed by atoms with E-state index in [1.807, 2.05) is 0 Å². The van der Waals surface area contributed by atoms with Crippen LogP contribution in [0.4, 0.5) is 0 Å². The van der Waals surface area contributed by atoms with Crippen LogP contribution in [0.15, 0.2) is 0 Å². The summed E-state index contributed by atoms with van der Waals surface area (Å²) >= 11 is 0. The topological polar surface area (TPSA) is 9.23 Å². The third kappa shape index (κ3) is 6.69. The highest BCUT2D eigenvalue weighted by molar-refractivity contribution is 6.74. The summed E-state index contributed by atoms with van der Waals surface area (Å²) < 4.78 is 6.08. The van der Waals surface area contributed by atoms with E-state index in [1.54, 1.807) is 0 Å². The summed E-state index contributed by atoms with van der Waals surface area (Å²) in [7, 11) is -1.51. The second-order valence-electron chi connectivity index (χ2n) is 6.21. The molecule has 0 aromatic rings. The van der Waals surface area contributed by atoms with E-state index in [0.29, 0.717) is 5.04 Å². The minimum absolute atomic E-state index is 0.336. The van der Waals surface area contributed by atoms with Gasteiger partial charge in [0, 0.05) is 6.61 Å². The van der Waals surface area contributed by atoms with Gasteiger partial charge in [-0.25, -0.2) is 0 Å². The van der Waals surface area contributed by atoms with E-state index < -0.39 is 8.32 Å². The van der Waals surface area contributed by atoms with E-state index in [1.165, 1.54) is 32.1 Å². The zero-order valence-corrected chi connectivity index (χ0v) is 13.2. The molecule has 0 spiro atoms. The van der Waals surface area contributed by atoms with Gasteiger partial charge < -0.3 is 4.43 Å². The normalized spacial score (nSPS) is 13.1. The van der Waals surface area contributed by atoms with Crippen LogP contribution in [-0.4, -0.2) is 14.9 Å². The summed E-state index contributed by atoms with van der Waals surface area (Å²) in [6.45, 7) is 14.6. The maximum Gasteiger partial charge on any atom is 0.191 e. The number of unbranched alkanes of at least 4 members (excludes halogenated alkanes) is 5. The maximum absolute atomic E-state index is 6.08. The van der Waals surface area contributed by atoms with Crippen LogP contribution in [-0.2, 0) is 4.43 Å². The summed E-state index contributed by atoms with van der Waals surface area (Å²) in [6.07, 6.45) is 8.92. The first-order valence-corrected chi connectivity index (χ1v) is 9.67. The van der Waals surface area contributed by atoms with Crippen molar-refractivity contribution >= 4 is 8.32 Å². The Labute approximate surface area is 104 Å². The zero-order valence-electron chi connectivity index (χ0n) is 12.2. The van der Waals surface area contributed by atoms with Crippen molar-refractivity contribution in [2.75, 3.05) is 6.61 Å². The Kier molecular flexibility index (Phi) is 7.58. The lowest BCUT2D eigenvalue weighted by molar-refractivity contribution is 0.311. The van der Waals surface area contributed by atoms with Crippen molar-refractivity contribution in [1.82, 2.24) is 0 Å². The second kappa shape index (κ2) is 7.49. The van der Waals surface area contributed by atoms with Gasteiger partial charge in [-0.3, -0.25) is 0 Å². The van der Waals surface area contributed by atoms with E-state index >= 15 is 0 Å². The molecular weight excluding hydrogens is 212 g/mol. The Morgan fingerprint density at radius 2 is 1.69 bits per heavy atom. The molecule has 0 saturated carbocycles. The highest BCUT2D eigenvalue weighted by Gasteiger charge is 2.36. The number of rotatable bonds is 8. The van der Waals surface area contributed by atoms with E-state index in [0.717, 1.165) is 6.61 Å². The molecule has 0 aliphatic heterocycles. The standard InChI is InChI=1S/C14H31OSi/c1-7-8-9-10-11-12-13-15-16(5,6)14(2,3)4/h12H,7-11,13H2,1-6H3. The predicted molar refractivity (Wildman–Crippen MR) is 76.2 cm³/mol. The molecule has 0 aliphatic carbocycles. The smallest absolute Gasteiger partial charge is 0.191 e. The van der Waals surface area contributed by atoms with Gasteiger partial charge in [-0.15, -0.1) is 0 Å². The summed E-state index contributed by atoms with van der Waals surface area (Å²) in [5.41, 5.74) is 0. The molecule has 0 fully saturated rings. The van der Waals surface area contributed by atoms with E-state index in [2.05, 4.69) is 47.2 Å². The highest BCUT2D eigenvalue weighted by Crippen LogP contribution is 2.36. The molecule has 16 heavy (non-hydrogen) atoms. The molecule has 0 aromatic heterocycles. The lowest BCUT2D eigenvalue weighted by Crippen LogP contribution is -2.41. The van der Waals surface area contributed by atoms with Crippen LogP contribution in [0.5, 0.6) is 0 Å². The largest absolute Gasteiger partial charge is 0.417 e. The Hall–Kier alpha value is 0.177. The number of hydrogen-bond acceptors (Lipinski definition) is 1. The average Bonchev–Trinajstić information content (AvgIpc) is 2.14. The van der Waals surface area contributed by atoms with Gasteiger partial charge in [0.25, 0.3) is 0 Å². The molecule has 0 amide bonds. The van der Waals surface area contributed by atoms with Crippen molar-refractivity contribution in [1.29, 1.82) is 0 Å². The fourth-order valence-electron chi connectivity index (χ4n) is 1.28. The molecular formula is C14H31OSi. The van der Waals surface area contributed by atoms with E-state index in [-0.39, 0.29) is 0 Å². The zero-order chi connectivity index (χ0) is 12.7. The Balaban J connectivity index is 3.51. The van der Waals surface area contributed by atoms with Gasteiger partial charge in [-0.2, -0.15) is 0 Å². The van der Waals surface area contributed by atoms with Gasteiger partial charge in [0.2, 0.25) is 0 Å². The molecule has 1 radical (unpaired) electrons. The average molecular weight is 243 g/mol. The van der Waals surface area contributed by atoms with Gasteiger partial charge in [0.1, 0.15) is 0 Å². The molecule has 0 heterocycles. The minimum Gasteiger partial charge on any atom is -0.417 e. The molecule has 97 valence electrons. The van der Waals surface area contributed by atoms with Crippen LogP contribution in [0.3, 0.4) is 0 Å². The molecule has 0 rings (SSSR count). The number of hydrogen-bond donors (Lipinski definition) is 0. The maximum atomic E-state index is 6.08. The van der Waals surface area contributed by atoms with Crippen LogP contribution in [0.2, 0.25) is 18.1 Å². The van der Waals surface area contributed by atoms with Crippen molar-refractivity contribution in [3.05, 3.63) is 6.42 Å². The van der Waals surface area contributed by atoms with Crippen molar-refractivity contribution in [3.63, 3.8) is 0 Å². The van der Waals surface area contributed by atoms with Gasteiger partial charge in [-0.1, -0.05) is 53.4 Å². The summed E-state index contributed by atoms with van der Waals surface area (Å²) in [6, 6.07) is 0. The molecule has 0 saturated heterocycles. The van der Waals surface area contributed by atoms with Crippen molar-refractivity contribution < 1.29 is 4.43 Å². The molecule has 0 aliphatic rings. The van der Waals surface area contributed by atoms with Crippen molar-refractivity contribution in [2.24, 2.45) is 0 Å². The Morgan fingerprint density at radius 1 is 1.06 bits per heavy atom.